The van der Waals surface area contributed by atoms with Gasteiger partial charge in [0.25, 0.3) is 0 Å². The van der Waals surface area contributed by atoms with Crippen LogP contribution in [0.4, 0.5) is 0 Å². The van der Waals surface area contributed by atoms with Gasteiger partial charge in [-0.05, 0) is 46.1 Å². The van der Waals surface area contributed by atoms with Crippen molar-refractivity contribution in [2.45, 2.75) is 12.8 Å². The maximum atomic E-state index is 11.7. The highest BCUT2D eigenvalue weighted by Gasteiger charge is 2.48. The Morgan fingerprint density at radius 1 is 1.50 bits per heavy atom. The highest BCUT2D eigenvalue weighted by atomic mass is 79.9. The Hall–Kier alpha value is 0.0900. The summed E-state index contributed by atoms with van der Waals surface area (Å²) in [7, 11) is -2.78. The van der Waals surface area contributed by atoms with Crippen LogP contribution in [0.3, 0.4) is 0 Å². The summed E-state index contributed by atoms with van der Waals surface area (Å²) in [5.41, 5.74) is 0.164. The smallest absolute Gasteiger partial charge is 0.150 e. The number of rotatable bonds is 3. The van der Waals surface area contributed by atoms with Crippen LogP contribution in [0.2, 0.25) is 0 Å². The molecular formula is C12H16BrNO2S2. The number of thiophene rings is 1. The molecule has 1 N–H and O–H groups in total. The molecule has 3 heterocycles. The molecule has 0 aromatic carbocycles. The second kappa shape index (κ2) is 4.58. The molecule has 2 aliphatic heterocycles. The van der Waals surface area contributed by atoms with Gasteiger partial charge in [0, 0.05) is 27.9 Å². The van der Waals surface area contributed by atoms with Crippen LogP contribution in [0.5, 0.6) is 0 Å². The monoisotopic (exact) mass is 349 g/mol. The van der Waals surface area contributed by atoms with Crippen molar-refractivity contribution in [2.24, 2.45) is 11.3 Å². The molecule has 3 rings (SSSR count). The Kier molecular flexibility index (Phi) is 3.33. The highest BCUT2D eigenvalue weighted by molar-refractivity contribution is 9.10. The number of nitrogens with one attached hydrogen (secondary N) is 1. The molecule has 100 valence electrons. The summed E-state index contributed by atoms with van der Waals surface area (Å²) in [6.07, 6.45) is 1.84. The molecule has 1 unspecified atom stereocenters. The lowest BCUT2D eigenvalue weighted by atomic mass is 9.68. The maximum Gasteiger partial charge on any atom is 0.150 e. The molecule has 1 aromatic rings. The number of hydrogen-bond acceptors (Lipinski definition) is 4. The maximum absolute atomic E-state index is 11.7. The van der Waals surface area contributed by atoms with Crippen LogP contribution in [0.1, 0.15) is 11.3 Å². The van der Waals surface area contributed by atoms with Crippen LogP contribution in [0, 0.1) is 11.3 Å². The van der Waals surface area contributed by atoms with E-state index in [1.54, 1.807) is 11.3 Å². The first-order chi connectivity index (χ1) is 8.51. The van der Waals surface area contributed by atoms with E-state index in [9.17, 15) is 8.42 Å². The largest absolute Gasteiger partial charge is 0.315 e. The highest BCUT2D eigenvalue weighted by Crippen LogP contribution is 2.43. The van der Waals surface area contributed by atoms with Crippen molar-refractivity contribution in [2.75, 3.05) is 24.6 Å². The van der Waals surface area contributed by atoms with E-state index in [1.165, 1.54) is 9.35 Å². The molecule has 2 aliphatic rings. The molecule has 0 radical (unpaired) electrons. The second-order valence-electron chi connectivity index (χ2n) is 5.43. The van der Waals surface area contributed by atoms with Crippen molar-refractivity contribution in [1.29, 1.82) is 0 Å². The zero-order chi connectivity index (χ0) is 12.8. The molecule has 0 aliphatic carbocycles. The van der Waals surface area contributed by atoms with E-state index >= 15 is 0 Å². The summed E-state index contributed by atoms with van der Waals surface area (Å²) >= 11 is 5.34. The Morgan fingerprint density at radius 3 is 2.72 bits per heavy atom. The average Bonchev–Trinajstić information content (AvgIpc) is 2.79. The van der Waals surface area contributed by atoms with Gasteiger partial charge in [-0.25, -0.2) is 8.42 Å². The SMILES string of the molecule is O=S1(=O)CCC(C2(Cc3sccc3Br)CNC2)C1. The minimum Gasteiger partial charge on any atom is -0.315 e. The van der Waals surface area contributed by atoms with E-state index in [4.69, 9.17) is 0 Å². The molecule has 0 spiro atoms. The normalized spacial score (nSPS) is 29.1. The van der Waals surface area contributed by atoms with Crippen molar-refractivity contribution in [3.63, 3.8) is 0 Å². The zero-order valence-corrected chi connectivity index (χ0v) is 13.2. The molecule has 18 heavy (non-hydrogen) atoms. The van der Waals surface area contributed by atoms with Crippen molar-refractivity contribution >= 4 is 37.1 Å². The first-order valence-electron chi connectivity index (χ1n) is 6.14. The molecule has 2 saturated heterocycles. The van der Waals surface area contributed by atoms with Gasteiger partial charge in [0.2, 0.25) is 0 Å². The molecule has 6 heteroatoms. The zero-order valence-electron chi connectivity index (χ0n) is 9.99. The fourth-order valence-electron chi connectivity index (χ4n) is 3.05. The first-order valence-corrected chi connectivity index (χ1v) is 9.63. The molecule has 0 saturated carbocycles. The summed E-state index contributed by atoms with van der Waals surface area (Å²) in [5.74, 6) is 1.10. The van der Waals surface area contributed by atoms with E-state index in [1.807, 2.05) is 0 Å². The van der Waals surface area contributed by atoms with Gasteiger partial charge in [0.1, 0.15) is 0 Å². The number of sulfone groups is 1. The Balaban J connectivity index is 1.81. The predicted molar refractivity (Wildman–Crippen MR) is 77.8 cm³/mol. The van der Waals surface area contributed by atoms with Crippen LogP contribution < -0.4 is 5.32 Å². The molecule has 0 bridgehead atoms. The predicted octanol–water partition coefficient (Wildman–Crippen LogP) is 2.08. The summed E-state index contributed by atoms with van der Waals surface area (Å²) < 4.78 is 24.5. The van der Waals surface area contributed by atoms with Crippen molar-refractivity contribution in [3.05, 3.63) is 20.8 Å². The van der Waals surface area contributed by atoms with E-state index < -0.39 is 9.84 Å². The fourth-order valence-corrected chi connectivity index (χ4v) is 6.64. The van der Waals surface area contributed by atoms with Gasteiger partial charge in [0.05, 0.1) is 11.5 Å². The molecule has 1 atom stereocenters. The van der Waals surface area contributed by atoms with E-state index in [0.29, 0.717) is 17.4 Å². The Bertz CT molecular complexity index is 548. The summed E-state index contributed by atoms with van der Waals surface area (Å²) in [6.45, 7) is 1.91. The molecular weight excluding hydrogens is 334 g/mol. The Labute approximate surface area is 120 Å². The number of halogens is 1. The van der Waals surface area contributed by atoms with Gasteiger partial charge in [-0.2, -0.15) is 0 Å². The molecule has 2 fully saturated rings. The molecule has 1 aromatic heterocycles. The van der Waals surface area contributed by atoms with Crippen molar-refractivity contribution in [1.82, 2.24) is 5.32 Å². The van der Waals surface area contributed by atoms with Gasteiger partial charge in [-0.1, -0.05) is 0 Å². The lowest BCUT2D eigenvalue weighted by molar-refractivity contribution is 0.0933. The van der Waals surface area contributed by atoms with Crippen LogP contribution in [0.25, 0.3) is 0 Å². The van der Waals surface area contributed by atoms with Crippen LogP contribution in [-0.2, 0) is 16.3 Å². The van der Waals surface area contributed by atoms with Crippen molar-refractivity contribution in [3.8, 4) is 0 Å². The second-order valence-corrected chi connectivity index (χ2v) is 9.52. The van der Waals surface area contributed by atoms with E-state index in [-0.39, 0.29) is 5.41 Å². The Morgan fingerprint density at radius 2 is 2.28 bits per heavy atom. The summed E-state index contributed by atoms with van der Waals surface area (Å²) in [6, 6.07) is 2.07. The number of hydrogen-bond donors (Lipinski definition) is 1. The van der Waals surface area contributed by atoms with Gasteiger partial charge in [-0.15, -0.1) is 11.3 Å². The third-order valence-corrected chi connectivity index (χ3v) is 7.95. The minimum atomic E-state index is -2.78. The quantitative estimate of drug-likeness (QED) is 0.908. The van der Waals surface area contributed by atoms with E-state index in [0.717, 1.165) is 25.9 Å². The third kappa shape index (κ3) is 2.28. The molecule has 0 amide bonds. The van der Waals surface area contributed by atoms with Crippen molar-refractivity contribution < 1.29 is 8.42 Å². The fraction of sp³-hybridized carbons (Fsp3) is 0.667. The summed E-state index contributed by atoms with van der Waals surface area (Å²) in [5, 5.41) is 5.42. The van der Waals surface area contributed by atoms with Gasteiger partial charge >= 0.3 is 0 Å². The van der Waals surface area contributed by atoms with Crippen LogP contribution in [0.15, 0.2) is 15.9 Å². The lowest BCUT2D eigenvalue weighted by Gasteiger charge is -2.47. The van der Waals surface area contributed by atoms with Gasteiger partial charge in [-0.3, -0.25) is 0 Å². The van der Waals surface area contributed by atoms with Crippen LogP contribution >= 0.6 is 27.3 Å². The lowest BCUT2D eigenvalue weighted by Crippen LogP contribution is -2.59. The molecule has 3 nitrogen and oxygen atoms in total. The standard InChI is InChI=1S/C12H16BrNO2S2/c13-10-1-3-17-11(10)5-12(7-14-8-12)9-2-4-18(15,16)6-9/h1,3,9,14H,2,4-8H2. The minimum absolute atomic E-state index is 0.164. The third-order valence-electron chi connectivity index (χ3n) is 4.26. The topological polar surface area (TPSA) is 46.2 Å². The summed E-state index contributed by atoms with van der Waals surface area (Å²) in [4.78, 5) is 1.35. The first kappa shape index (κ1) is 13.1. The van der Waals surface area contributed by atoms with Gasteiger partial charge in [0.15, 0.2) is 9.84 Å². The van der Waals surface area contributed by atoms with E-state index in [2.05, 4.69) is 32.7 Å². The van der Waals surface area contributed by atoms with Crippen LogP contribution in [-0.4, -0.2) is 33.0 Å². The average molecular weight is 350 g/mol. The van der Waals surface area contributed by atoms with Gasteiger partial charge < -0.3 is 5.32 Å².